The average Bonchev–Trinajstić information content (AvgIpc) is 3.42. The fraction of sp³-hybridized carbons (Fsp3) is 0.587. The smallest absolute Gasteiger partial charge is 0.331 e. The predicted molar refractivity (Wildman–Crippen MR) is 325 cm³/mol. The Morgan fingerprint density at radius 2 is 0.892 bits per heavy atom. The Morgan fingerprint density at radius 3 is 1.46 bits per heavy atom. The van der Waals surface area contributed by atoms with Gasteiger partial charge in [-0.3, -0.25) is 4.99 Å². The van der Waals surface area contributed by atoms with Crippen molar-refractivity contribution in [3.05, 3.63) is 145 Å². The van der Waals surface area contributed by atoms with Gasteiger partial charge in [-0.1, -0.05) is 161 Å². The molecule has 83 heavy (non-hydrogen) atoms. The maximum absolute atomic E-state index is 10.8. The normalized spacial score (nSPS) is 20.1. The zero-order valence-electron chi connectivity index (χ0n) is 48.9. The zero-order valence-corrected chi connectivity index (χ0v) is 48.9. The molecule has 0 aliphatic carbocycles. The van der Waals surface area contributed by atoms with Gasteiger partial charge in [0.15, 0.2) is 5.96 Å². The number of allylic oxidation sites excluding steroid dienone is 16. The predicted octanol–water partition coefficient (Wildman–Crippen LogP) is 3.19. The Morgan fingerprint density at radius 1 is 0.434 bits per heavy atom. The van der Waals surface area contributed by atoms with Crippen LogP contribution in [0.1, 0.15) is 118 Å². The van der Waals surface area contributed by atoms with Crippen LogP contribution in [0.5, 0.6) is 0 Å². The van der Waals surface area contributed by atoms with Gasteiger partial charge in [-0.25, -0.2) is 4.79 Å². The molecule has 0 saturated carbocycles. The molecule has 0 amide bonds. The number of unbranched alkanes of at least 4 members (excludes halogenated alkanes) is 1. The number of nitrogens with two attached hydrogens (primary N) is 2. The molecule has 0 aliphatic rings. The summed E-state index contributed by atoms with van der Waals surface area (Å²) >= 11 is 0. The number of carboxylic acids is 1. The van der Waals surface area contributed by atoms with Gasteiger partial charge in [-0.05, 0) is 71.1 Å². The van der Waals surface area contributed by atoms with E-state index in [-0.39, 0.29) is 81.7 Å². The molecule has 0 spiro atoms. The number of carboxylic acid groups (broad SMARTS) is 1. The van der Waals surface area contributed by atoms with Crippen molar-refractivity contribution in [2.75, 3.05) is 6.54 Å². The first-order valence-corrected chi connectivity index (χ1v) is 28.7. The average molecular weight is 1170 g/mol. The Hall–Kier alpha value is -4.98. The van der Waals surface area contributed by atoms with Crippen LogP contribution in [0, 0.1) is 17.8 Å². The fourth-order valence-corrected chi connectivity index (χ4v) is 8.29. The quantitative estimate of drug-likeness (QED) is 0.0104. The van der Waals surface area contributed by atoms with Gasteiger partial charge in [0.25, 0.3) is 0 Å². The van der Waals surface area contributed by atoms with Crippen molar-refractivity contribution in [1.29, 1.82) is 0 Å². The van der Waals surface area contributed by atoms with Gasteiger partial charge >= 0.3 is 5.97 Å². The summed E-state index contributed by atoms with van der Waals surface area (Å²) in [5.41, 5.74) is 10.8. The van der Waals surface area contributed by atoms with Crippen molar-refractivity contribution < 1.29 is 86.5 Å². The van der Waals surface area contributed by atoms with Crippen LogP contribution in [0.15, 0.2) is 150 Å². The molecule has 0 saturated heterocycles. The van der Waals surface area contributed by atoms with Crippen molar-refractivity contribution >= 4 is 11.9 Å². The first-order valence-electron chi connectivity index (χ1n) is 28.7. The third-order valence-electron chi connectivity index (χ3n) is 13.6. The maximum Gasteiger partial charge on any atom is 0.331 e. The van der Waals surface area contributed by atoms with E-state index in [9.17, 15) is 81.4 Å². The Balaban J connectivity index is 4.53. The van der Waals surface area contributed by atoms with Crippen molar-refractivity contribution in [3.8, 4) is 0 Å². The van der Waals surface area contributed by atoms with Crippen LogP contribution in [0.2, 0.25) is 0 Å². The highest BCUT2D eigenvalue weighted by atomic mass is 16.4. The molecule has 0 bridgehead atoms. The highest BCUT2D eigenvalue weighted by molar-refractivity contribution is 5.86. The summed E-state index contributed by atoms with van der Waals surface area (Å²) in [5, 5.41) is 165. The van der Waals surface area contributed by atoms with Crippen LogP contribution in [-0.2, 0) is 4.79 Å². The summed E-state index contributed by atoms with van der Waals surface area (Å²) in [6.07, 6.45) is 24.0. The molecule has 0 fully saturated rings. The van der Waals surface area contributed by atoms with Gasteiger partial charge in [-0.15, -0.1) is 0 Å². The van der Waals surface area contributed by atoms with Gasteiger partial charge in [0.05, 0.1) is 85.5 Å². The Bertz CT molecular complexity index is 2110. The van der Waals surface area contributed by atoms with Gasteiger partial charge in [0, 0.05) is 55.6 Å². The zero-order chi connectivity index (χ0) is 62.7. The van der Waals surface area contributed by atoms with Crippen LogP contribution in [0.3, 0.4) is 0 Å². The van der Waals surface area contributed by atoms with E-state index in [1.807, 2.05) is 55.5 Å². The first-order chi connectivity index (χ1) is 39.2. The molecule has 0 heterocycles. The molecule has 0 aromatic carbocycles. The van der Waals surface area contributed by atoms with Crippen LogP contribution >= 0.6 is 0 Å². The topological polar surface area (TPSA) is 405 Å². The molecule has 20 heteroatoms. The second kappa shape index (κ2) is 47.3. The maximum atomic E-state index is 10.8. The van der Waals surface area contributed by atoms with Crippen LogP contribution in [0.25, 0.3) is 0 Å². The fourth-order valence-electron chi connectivity index (χ4n) is 8.29. The third-order valence-corrected chi connectivity index (χ3v) is 13.6. The number of carbonyl (C=O) groups is 1. The minimum atomic E-state index is -1.70. The molecule has 18 atom stereocenters. The van der Waals surface area contributed by atoms with E-state index < -0.39 is 109 Å². The highest BCUT2D eigenvalue weighted by Crippen LogP contribution is 2.22. The molecular weight excluding hydrogens is 1070 g/mol. The molecule has 20 nitrogen and oxygen atoms in total. The van der Waals surface area contributed by atoms with E-state index >= 15 is 0 Å². The summed E-state index contributed by atoms with van der Waals surface area (Å²) < 4.78 is 0. The lowest BCUT2D eigenvalue weighted by atomic mass is 9.88. The summed E-state index contributed by atoms with van der Waals surface area (Å²) in [5.74, 6) is -2.16. The van der Waals surface area contributed by atoms with E-state index in [1.54, 1.807) is 74.6 Å². The monoisotopic (exact) mass is 1170 g/mol. The lowest BCUT2D eigenvalue weighted by Crippen LogP contribution is -2.41. The Kier molecular flexibility index (Phi) is 44.4. The third kappa shape index (κ3) is 41.6. The number of guanidine groups is 1. The molecule has 0 rings (SSSR count). The minimum Gasteiger partial charge on any atom is -0.478 e. The summed E-state index contributed by atoms with van der Waals surface area (Å²) in [7, 11) is 0. The van der Waals surface area contributed by atoms with Gasteiger partial charge in [0.1, 0.15) is 6.10 Å². The van der Waals surface area contributed by atoms with E-state index in [1.165, 1.54) is 37.3 Å². The molecule has 0 aromatic heterocycles. The minimum absolute atomic E-state index is 0.0466. The number of aliphatic imine (C=N–C) groups is 1. The van der Waals surface area contributed by atoms with Gasteiger partial charge in [-0.2, -0.15) is 0 Å². The van der Waals surface area contributed by atoms with Crippen LogP contribution < -0.4 is 11.5 Å². The van der Waals surface area contributed by atoms with E-state index in [0.717, 1.165) is 12.8 Å². The van der Waals surface area contributed by atoms with Crippen molar-refractivity contribution in [2.24, 2.45) is 34.2 Å². The van der Waals surface area contributed by atoms with Gasteiger partial charge < -0.3 is 93.2 Å². The number of rotatable bonds is 46. The van der Waals surface area contributed by atoms with E-state index in [0.29, 0.717) is 19.4 Å². The lowest BCUT2D eigenvalue weighted by molar-refractivity contribution is -0.132. The Labute approximate surface area is 492 Å². The molecule has 472 valence electrons. The second-order valence-electron chi connectivity index (χ2n) is 21.4. The number of aliphatic carboxylic acids is 1. The summed E-state index contributed by atoms with van der Waals surface area (Å²) in [4.78, 5) is 14.6. The number of hydrogen-bond donors (Lipinski definition) is 18. The number of hydrogen-bond acceptors (Lipinski definition) is 17. The number of aliphatic hydroxyl groups excluding tert-OH is 15. The molecule has 18 unspecified atom stereocenters. The largest absolute Gasteiger partial charge is 0.478 e. The van der Waals surface area contributed by atoms with Crippen LogP contribution in [-0.4, -0.2) is 192 Å². The highest BCUT2D eigenvalue weighted by Gasteiger charge is 2.30. The first kappa shape index (κ1) is 78.0. The SMILES string of the molecule is C\C(=C/C=C/C=C/CC/C=C/C(C)C(O)C(C)C(O)/C=C/C=C/C=C/C=C/C=C/C=C/CC(O)C(C)C(O)CC(O)CC(O)/C=C/CC(O)CC(O)CC(O)/C=C/CC(O)CC(O)C(O)C(O)CC(O)CC(O)CCCN=C(N)N)C(=O)O. The standard InChI is InChI=1S/C63H103N3O17/c1-43(26-19-15-11-10-12-16-20-27-44(2)62(82)83)60(80)46(4)56(76)34-22-18-14-9-7-5-6-8-13-17-21-33-55(75)45(3)57(77)41-53(73)38-49(69)29-23-28-47(67)36-52(72)37-48(68)30-24-31-51(71)40-58(78)61(81)59(79)42-54(74)39-50(70)32-25-35-66-63(64)65/h5-10,12-14,16-24,26-27,29-30,34,43,45-61,67-81H,11,15,25,28,31-33,35-42H2,1-4H3,(H,82,83)(H4,64,65,66)/b6-5+,9-7+,12-10+,13-8+,18-14+,20-16+,21-17+,26-19+,29-23+,30-24+,34-22+,44-27+. The van der Waals surface area contributed by atoms with Crippen molar-refractivity contribution in [2.45, 2.75) is 209 Å². The number of aliphatic hydroxyl groups is 15. The van der Waals surface area contributed by atoms with Crippen LogP contribution in [0.4, 0.5) is 0 Å². The lowest BCUT2D eigenvalue weighted by Gasteiger charge is -2.26. The summed E-state index contributed by atoms with van der Waals surface area (Å²) in [6.45, 7) is 7.19. The molecule has 0 radical (unpaired) electrons. The van der Waals surface area contributed by atoms with E-state index in [4.69, 9.17) is 16.6 Å². The molecular formula is C63H103N3O17. The number of nitrogens with zero attached hydrogens (tertiary/aromatic N) is 1. The molecule has 0 aromatic rings. The molecule has 20 N–H and O–H groups in total. The van der Waals surface area contributed by atoms with Crippen molar-refractivity contribution in [3.63, 3.8) is 0 Å². The van der Waals surface area contributed by atoms with Crippen molar-refractivity contribution in [1.82, 2.24) is 0 Å². The molecule has 0 aliphatic heterocycles. The van der Waals surface area contributed by atoms with E-state index in [2.05, 4.69) is 4.99 Å². The second-order valence-corrected chi connectivity index (χ2v) is 21.4. The summed E-state index contributed by atoms with van der Waals surface area (Å²) in [6, 6.07) is 0. The van der Waals surface area contributed by atoms with Gasteiger partial charge in [0.2, 0.25) is 0 Å².